The largest absolute Gasteiger partial charge is 0.344 e. The van der Waals surface area contributed by atoms with Gasteiger partial charge in [0.1, 0.15) is 4.88 Å². The molecule has 3 nitrogen and oxygen atoms in total. The Morgan fingerprint density at radius 2 is 2.21 bits per heavy atom. The summed E-state index contributed by atoms with van der Waals surface area (Å²) in [5.74, 6) is 0.134. The highest BCUT2D eigenvalue weighted by atomic mass is 35.5. The Balaban J connectivity index is 2.19. The summed E-state index contributed by atoms with van der Waals surface area (Å²) in [6.45, 7) is 4.13. The third-order valence-electron chi connectivity index (χ3n) is 2.82. The predicted molar refractivity (Wildman–Crippen MR) is 78.6 cm³/mol. The Bertz CT molecular complexity index is 554. The first-order chi connectivity index (χ1) is 9.09. The predicted octanol–water partition coefficient (Wildman–Crippen LogP) is 3.92. The number of aromatic nitrogens is 1. The molecule has 0 radical (unpaired) electrons. The third-order valence-corrected chi connectivity index (χ3v) is 4.16. The second-order valence-corrected chi connectivity index (χ2v) is 5.90. The molecule has 2 aromatic heterocycles. The maximum Gasteiger partial charge on any atom is 0.263 e. The molecule has 1 amide bonds. The molecule has 2 rings (SSSR count). The summed E-state index contributed by atoms with van der Waals surface area (Å²) >= 11 is 7.33. The number of rotatable bonds is 4. The highest BCUT2D eigenvalue weighted by Gasteiger charge is 2.21. The first-order valence-electron chi connectivity index (χ1n) is 6.03. The van der Waals surface area contributed by atoms with Crippen molar-refractivity contribution in [2.45, 2.75) is 19.9 Å². The van der Waals surface area contributed by atoms with Crippen molar-refractivity contribution in [1.29, 1.82) is 0 Å². The second-order valence-electron chi connectivity index (χ2n) is 4.58. The summed E-state index contributed by atoms with van der Waals surface area (Å²) in [5, 5.41) is 5.33. The van der Waals surface area contributed by atoms with Crippen molar-refractivity contribution >= 4 is 28.8 Å². The fourth-order valence-electron chi connectivity index (χ4n) is 1.86. The van der Waals surface area contributed by atoms with Crippen molar-refractivity contribution in [2.24, 2.45) is 5.92 Å². The van der Waals surface area contributed by atoms with E-state index in [2.05, 4.69) is 24.1 Å². The van der Waals surface area contributed by atoms with Gasteiger partial charge < -0.3 is 5.32 Å². The molecule has 1 N–H and O–H groups in total. The Labute approximate surface area is 121 Å². The number of carbonyl (C=O) groups is 1. The zero-order chi connectivity index (χ0) is 13.8. The third kappa shape index (κ3) is 3.33. The second kappa shape index (κ2) is 6.17. The average Bonchev–Trinajstić information content (AvgIpc) is 2.82. The van der Waals surface area contributed by atoms with Crippen LogP contribution in [0.4, 0.5) is 0 Å². The van der Waals surface area contributed by atoms with Crippen molar-refractivity contribution in [3.05, 3.63) is 51.4 Å². The van der Waals surface area contributed by atoms with Crippen LogP contribution < -0.4 is 5.32 Å². The summed E-state index contributed by atoms with van der Waals surface area (Å²) in [6, 6.07) is 5.50. The summed E-state index contributed by atoms with van der Waals surface area (Å²) in [6.07, 6.45) is 3.50. The van der Waals surface area contributed by atoms with E-state index >= 15 is 0 Å². The zero-order valence-electron chi connectivity index (χ0n) is 10.8. The number of nitrogens with zero attached hydrogens (tertiary/aromatic N) is 1. The van der Waals surface area contributed by atoms with E-state index in [0.717, 1.165) is 5.56 Å². The van der Waals surface area contributed by atoms with Gasteiger partial charge in [-0.3, -0.25) is 9.78 Å². The first kappa shape index (κ1) is 14.0. The molecular weight excluding hydrogens is 280 g/mol. The average molecular weight is 295 g/mol. The lowest BCUT2D eigenvalue weighted by Gasteiger charge is -2.22. The van der Waals surface area contributed by atoms with Crippen LogP contribution in [0.25, 0.3) is 0 Å². The van der Waals surface area contributed by atoms with Crippen LogP contribution in [0.2, 0.25) is 5.02 Å². The number of carbonyl (C=O) groups excluding carboxylic acids is 1. The summed E-state index contributed by atoms with van der Waals surface area (Å²) in [5.41, 5.74) is 0.999. The molecule has 0 aromatic carbocycles. The van der Waals surface area contributed by atoms with Gasteiger partial charge in [-0.2, -0.15) is 0 Å². The number of thiophene rings is 1. The van der Waals surface area contributed by atoms with Gasteiger partial charge in [0.05, 0.1) is 11.1 Å². The van der Waals surface area contributed by atoms with Crippen molar-refractivity contribution in [1.82, 2.24) is 10.3 Å². The zero-order valence-corrected chi connectivity index (χ0v) is 12.3. The minimum Gasteiger partial charge on any atom is -0.344 e. The topological polar surface area (TPSA) is 42.0 Å². The van der Waals surface area contributed by atoms with E-state index in [4.69, 9.17) is 11.6 Å². The van der Waals surface area contributed by atoms with Gasteiger partial charge in [0.25, 0.3) is 5.91 Å². The molecule has 1 unspecified atom stereocenters. The molecule has 19 heavy (non-hydrogen) atoms. The number of pyridine rings is 1. The molecule has 0 aliphatic rings. The molecule has 0 fully saturated rings. The minimum atomic E-state index is -0.137. The first-order valence-corrected chi connectivity index (χ1v) is 7.29. The molecule has 2 heterocycles. The van der Waals surface area contributed by atoms with Crippen LogP contribution >= 0.6 is 22.9 Å². The van der Waals surface area contributed by atoms with Crippen LogP contribution in [-0.4, -0.2) is 10.9 Å². The van der Waals surface area contributed by atoms with E-state index in [1.807, 2.05) is 17.5 Å². The van der Waals surface area contributed by atoms with Crippen molar-refractivity contribution in [3.63, 3.8) is 0 Å². The fourth-order valence-corrected chi connectivity index (χ4v) is 2.90. The summed E-state index contributed by atoms with van der Waals surface area (Å²) in [7, 11) is 0. The van der Waals surface area contributed by atoms with Crippen molar-refractivity contribution < 1.29 is 4.79 Å². The number of hydrogen-bond donors (Lipinski definition) is 1. The molecule has 0 aliphatic carbocycles. The summed E-state index contributed by atoms with van der Waals surface area (Å²) < 4.78 is 0. The number of hydrogen-bond acceptors (Lipinski definition) is 3. The van der Waals surface area contributed by atoms with Crippen LogP contribution in [0.3, 0.4) is 0 Å². The van der Waals surface area contributed by atoms with Gasteiger partial charge in [-0.25, -0.2) is 0 Å². The lowest BCUT2D eigenvalue weighted by atomic mass is 9.97. The van der Waals surface area contributed by atoms with Crippen LogP contribution in [0, 0.1) is 5.92 Å². The van der Waals surface area contributed by atoms with Crippen molar-refractivity contribution in [3.8, 4) is 0 Å². The van der Waals surface area contributed by atoms with E-state index in [0.29, 0.717) is 9.90 Å². The van der Waals surface area contributed by atoms with Gasteiger partial charge in [0, 0.05) is 12.4 Å². The molecule has 0 saturated heterocycles. The number of amides is 1. The monoisotopic (exact) mass is 294 g/mol. The normalized spacial score (nSPS) is 12.4. The van der Waals surface area contributed by atoms with E-state index in [1.165, 1.54) is 11.3 Å². The molecular formula is C14H15ClN2OS. The lowest BCUT2D eigenvalue weighted by molar-refractivity contribution is 0.0930. The van der Waals surface area contributed by atoms with Crippen molar-refractivity contribution in [2.75, 3.05) is 0 Å². The number of nitrogens with one attached hydrogen (secondary N) is 1. The maximum absolute atomic E-state index is 12.2. The van der Waals surface area contributed by atoms with Gasteiger partial charge in [0.15, 0.2) is 0 Å². The SMILES string of the molecule is CC(C)C(NC(=O)c1sccc1Cl)c1cccnc1. The van der Waals surface area contributed by atoms with E-state index < -0.39 is 0 Å². The Morgan fingerprint density at radius 1 is 1.42 bits per heavy atom. The van der Waals surface area contributed by atoms with Crippen LogP contribution in [0.1, 0.15) is 35.1 Å². The molecule has 0 saturated carbocycles. The van der Waals surface area contributed by atoms with Gasteiger partial charge >= 0.3 is 0 Å². The quantitative estimate of drug-likeness (QED) is 0.928. The van der Waals surface area contributed by atoms with Crippen LogP contribution in [-0.2, 0) is 0 Å². The number of halogens is 1. The van der Waals surface area contributed by atoms with Crippen LogP contribution in [0.5, 0.6) is 0 Å². The fraction of sp³-hybridized carbons (Fsp3) is 0.286. The Kier molecular flexibility index (Phi) is 4.56. The minimum absolute atomic E-state index is 0.0700. The highest BCUT2D eigenvalue weighted by Crippen LogP contribution is 2.25. The molecule has 2 aromatic rings. The van der Waals surface area contributed by atoms with Gasteiger partial charge in [0.2, 0.25) is 0 Å². The molecule has 1 atom stereocenters. The summed E-state index contributed by atoms with van der Waals surface area (Å²) in [4.78, 5) is 16.9. The van der Waals surface area contributed by atoms with E-state index in [-0.39, 0.29) is 17.9 Å². The smallest absolute Gasteiger partial charge is 0.263 e. The molecule has 0 bridgehead atoms. The Hall–Kier alpha value is -1.39. The van der Waals surface area contributed by atoms with Gasteiger partial charge in [-0.05, 0) is 29.0 Å². The molecule has 100 valence electrons. The highest BCUT2D eigenvalue weighted by molar-refractivity contribution is 7.12. The van der Waals surface area contributed by atoms with Gasteiger partial charge in [-0.1, -0.05) is 31.5 Å². The maximum atomic E-state index is 12.2. The molecule has 0 spiro atoms. The van der Waals surface area contributed by atoms with E-state index in [1.54, 1.807) is 18.5 Å². The van der Waals surface area contributed by atoms with Gasteiger partial charge in [-0.15, -0.1) is 11.3 Å². The molecule has 5 heteroatoms. The standard InChI is InChI=1S/C14H15ClN2OS/c1-9(2)12(10-4-3-6-16-8-10)17-14(18)13-11(15)5-7-19-13/h3-9,12H,1-2H3,(H,17,18). The molecule has 0 aliphatic heterocycles. The Morgan fingerprint density at radius 3 is 2.74 bits per heavy atom. The van der Waals surface area contributed by atoms with E-state index in [9.17, 15) is 4.79 Å². The lowest BCUT2D eigenvalue weighted by Crippen LogP contribution is -2.31. The van der Waals surface area contributed by atoms with Crippen LogP contribution in [0.15, 0.2) is 36.0 Å².